The molecule has 1 heterocycles. The Labute approximate surface area is 210 Å². The molecule has 0 radical (unpaired) electrons. The minimum atomic E-state index is -0.438. The number of nitro groups is 1. The molecule has 0 amide bonds. The van der Waals surface area contributed by atoms with Gasteiger partial charge >= 0.3 is 5.97 Å². The van der Waals surface area contributed by atoms with Crippen molar-refractivity contribution in [2.75, 3.05) is 0 Å². The molecule has 36 heavy (non-hydrogen) atoms. The fourth-order valence-corrected chi connectivity index (χ4v) is 4.71. The van der Waals surface area contributed by atoms with E-state index in [0.717, 1.165) is 63.6 Å². The average Bonchev–Trinajstić information content (AvgIpc) is 3.19. The number of nitrogens with zero attached hydrogens (tertiary/aromatic N) is 3. The molecular formula is C29H31N3O4. The van der Waals surface area contributed by atoms with Gasteiger partial charge in [0.25, 0.3) is 5.69 Å². The van der Waals surface area contributed by atoms with Crippen molar-refractivity contribution in [2.24, 2.45) is 5.16 Å². The Kier molecular flexibility index (Phi) is 7.78. The zero-order valence-corrected chi connectivity index (χ0v) is 21.0. The Morgan fingerprint density at radius 3 is 2.44 bits per heavy atom. The van der Waals surface area contributed by atoms with Crippen LogP contribution in [0.2, 0.25) is 0 Å². The summed E-state index contributed by atoms with van der Waals surface area (Å²) in [5.41, 5.74) is 5.63. The molecule has 1 aromatic heterocycles. The van der Waals surface area contributed by atoms with E-state index in [-0.39, 0.29) is 10.6 Å². The maximum Gasteiger partial charge on any atom is 0.331 e. The molecule has 0 atom stereocenters. The highest BCUT2D eigenvalue weighted by Gasteiger charge is 2.17. The minimum absolute atomic E-state index is 0.0715. The Hall–Kier alpha value is -4.00. The number of benzene rings is 3. The molecule has 4 rings (SSSR count). The van der Waals surface area contributed by atoms with Gasteiger partial charge in [0.1, 0.15) is 0 Å². The van der Waals surface area contributed by atoms with Crippen LogP contribution in [0.1, 0.15) is 63.5 Å². The molecule has 186 valence electrons. The number of carbonyl (C=O) groups is 1. The van der Waals surface area contributed by atoms with Gasteiger partial charge in [-0.3, -0.25) is 10.1 Å². The predicted molar refractivity (Wildman–Crippen MR) is 144 cm³/mol. The first-order chi connectivity index (χ1) is 17.4. The summed E-state index contributed by atoms with van der Waals surface area (Å²) in [6, 6.07) is 19.0. The highest BCUT2D eigenvalue weighted by atomic mass is 16.7. The van der Waals surface area contributed by atoms with Crippen LogP contribution in [-0.2, 0) is 9.63 Å². The second kappa shape index (κ2) is 11.2. The van der Waals surface area contributed by atoms with Gasteiger partial charge in [0.2, 0.25) is 0 Å². The lowest BCUT2D eigenvalue weighted by Gasteiger charge is -2.13. The Balaban J connectivity index is 1.75. The second-order valence-corrected chi connectivity index (χ2v) is 9.10. The van der Waals surface area contributed by atoms with Crippen molar-refractivity contribution in [1.82, 2.24) is 4.57 Å². The number of carbonyl (C=O) groups excluding carboxylic acids is 1. The molecule has 0 aliphatic rings. The molecule has 3 aromatic carbocycles. The van der Waals surface area contributed by atoms with Gasteiger partial charge in [0.05, 0.1) is 21.7 Å². The zero-order chi connectivity index (χ0) is 25.7. The highest BCUT2D eigenvalue weighted by molar-refractivity contribution is 6.10. The fraction of sp³-hybridized carbons (Fsp3) is 0.310. The molecule has 0 bridgehead atoms. The lowest BCUT2D eigenvalue weighted by Crippen LogP contribution is -2.07. The van der Waals surface area contributed by atoms with Gasteiger partial charge in [-0.05, 0) is 49.6 Å². The average molecular weight is 486 g/mol. The van der Waals surface area contributed by atoms with Crippen molar-refractivity contribution in [2.45, 2.75) is 59.3 Å². The van der Waals surface area contributed by atoms with Gasteiger partial charge in [0, 0.05) is 41.1 Å². The number of hydrogen-bond donors (Lipinski definition) is 0. The van der Waals surface area contributed by atoms with Crippen LogP contribution < -0.4 is 0 Å². The van der Waals surface area contributed by atoms with Crippen LogP contribution in [0.15, 0.2) is 65.8 Å². The van der Waals surface area contributed by atoms with Gasteiger partial charge in [-0.25, -0.2) is 4.79 Å². The molecule has 0 aliphatic heterocycles. The minimum Gasteiger partial charge on any atom is -0.318 e. The van der Waals surface area contributed by atoms with Crippen LogP contribution in [0.25, 0.3) is 27.5 Å². The number of aromatic nitrogens is 1. The maximum atomic E-state index is 11.4. The Bertz CT molecular complexity index is 1450. The molecule has 0 spiro atoms. The predicted octanol–water partition coefficient (Wildman–Crippen LogP) is 7.63. The summed E-state index contributed by atoms with van der Waals surface area (Å²) in [4.78, 5) is 27.5. The van der Waals surface area contributed by atoms with E-state index in [4.69, 9.17) is 4.84 Å². The molecule has 0 saturated heterocycles. The maximum absolute atomic E-state index is 11.4. The van der Waals surface area contributed by atoms with E-state index < -0.39 is 5.97 Å². The summed E-state index contributed by atoms with van der Waals surface area (Å²) in [6.07, 6.45) is 6.40. The third-order valence-electron chi connectivity index (χ3n) is 6.45. The lowest BCUT2D eigenvalue weighted by atomic mass is 9.98. The van der Waals surface area contributed by atoms with E-state index in [9.17, 15) is 14.9 Å². The number of aryl methyl sites for hydroxylation is 1. The lowest BCUT2D eigenvalue weighted by molar-refractivity contribution is -0.384. The van der Waals surface area contributed by atoms with Crippen molar-refractivity contribution in [3.63, 3.8) is 0 Å². The summed E-state index contributed by atoms with van der Waals surface area (Å²) in [7, 11) is 0. The SMILES string of the molecule is CCCCCCC/C(=N/OC(C)=O)c1ccc(-n2c3ccccc3c3cc([N+](=O)[O-])ccc32)cc1C. The van der Waals surface area contributed by atoms with Crippen LogP contribution in [0.3, 0.4) is 0 Å². The molecule has 0 aliphatic carbocycles. The normalized spacial score (nSPS) is 11.8. The number of rotatable bonds is 10. The van der Waals surface area contributed by atoms with Crippen molar-refractivity contribution in [3.05, 3.63) is 81.9 Å². The largest absolute Gasteiger partial charge is 0.331 e. The molecule has 0 fully saturated rings. The Morgan fingerprint density at radius 1 is 0.972 bits per heavy atom. The van der Waals surface area contributed by atoms with Gasteiger partial charge in [-0.15, -0.1) is 0 Å². The summed E-state index contributed by atoms with van der Waals surface area (Å²) in [6.45, 7) is 5.57. The highest BCUT2D eigenvalue weighted by Crippen LogP contribution is 2.34. The number of unbranched alkanes of at least 4 members (excludes halogenated alkanes) is 4. The summed E-state index contributed by atoms with van der Waals surface area (Å²) in [5.74, 6) is -0.438. The third kappa shape index (κ3) is 5.30. The number of hydrogen-bond acceptors (Lipinski definition) is 5. The van der Waals surface area contributed by atoms with E-state index in [1.54, 1.807) is 18.2 Å². The summed E-state index contributed by atoms with van der Waals surface area (Å²) >= 11 is 0. The topological polar surface area (TPSA) is 86.7 Å². The van der Waals surface area contributed by atoms with Crippen LogP contribution in [-0.4, -0.2) is 21.2 Å². The second-order valence-electron chi connectivity index (χ2n) is 9.10. The van der Waals surface area contributed by atoms with Gasteiger partial charge in [-0.2, -0.15) is 0 Å². The first-order valence-corrected chi connectivity index (χ1v) is 12.4. The quantitative estimate of drug-likeness (QED) is 0.0759. The molecule has 0 N–H and O–H groups in total. The fourth-order valence-electron chi connectivity index (χ4n) is 4.71. The van der Waals surface area contributed by atoms with Crippen LogP contribution in [0, 0.1) is 17.0 Å². The van der Waals surface area contributed by atoms with E-state index in [2.05, 4.69) is 22.7 Å². The standard InChI is InChI=1S/C29H31N3O4/c1-4-5-6-7-8-12-27(30-36-21(3)33)24-16-14-22(18-20(24)2)31-28-13-10-9-11-25(28)26-19-23(32(34)35)15-17-29(26)31/h9-11,13-19H,4-8,12H2,1-3H3/b30-27-. The van der Waals surface area contributed by atoms with E-state index in [0.29, 0.717) is 0 Å². The van der Waals surface area contributed by atoms with Gasteiger partial charge in [0.15, 0.2) is 0 Å². The summed E-state index contributed by atoms with van der Waals surface area (Å²) < 4.78 is 2.12. The number of nitro benzene ring substituents is 1. The van der Waals surface area contributed by atoms with Crippen molar-refractivity contribution in [3.8, 4) is 5.69 Å². The number of oxime groups is 1. The Morgan fingerprint density at radius 2 is 1.72 bits per heavy atom. The van der Waals surface area contributed by atoms with Crippen LogP contribution >= 0.6 is 0 Å². The zero-order valence-electron chi connectivity index (χ0n) is 21.0. The molecule has 4 aromatic rings. The van der Waals surface area contributed by atoms with Crippen LogP contribution in [0.5, 0.6) is 0 Å². The molecule has 7 heteroatoms. The first-order valence-electron chi connectivity index (χ1n) is 12.4. The number of para-hydroxylation sites is 1. The number of non-ortho nitro benzene ring substituents is 1. The first kappa shape index (κ1) is 25.1. The van der Waals surface area contributed by atoms with Gasteiger partial charge < -0.3 is 9.40 Å². The van der Waals surface area contributed by atoms with Crippen molar-refractivity contribution in [1.29, 1.82) is 0 Å². The smallest absolute Gasteiger partial charge is 0.318 e. The third-order valence-corrected chi connectivity index (χ3v) is 6.45. The molecule has 0 saturated carbocycles. The molecule has 0 unspecified atom stereocenters. The monoisotopic (exact) mass is 485 g/mol. The van der Waals surface area contributed by atoms with Gasteiger partial charge in [-0.1, -0.05) is 62.0 Å². The van der Waals surface area contributed by atoms with E-state index >= 15 is 0 Å². The summed E-state index contributed by atoms with van der Waals surface area (Å²) in [5, 5.41) is 17.4. The van der Waals surface area contributed by atoms with E-state index in [1.165, 1.54) is 26.2 Å². The van der Waals surface area contributed by atoms with Crippen LogP contribution in [0.4, 0.5) is 5.69 Å². The van der Waals surface area contributed by atoms with E-state index in [1.807, 2.05) is 43.3 Å². The molecule has 7 nitrogen and oxygen atoms in total. The number of fused-ring (bicyclic) bond motifs is 3. The van der Waals surface area contributed by atoms with Crippen molar-refractivity contribution >= 4 is 39.2 Å². The van der Waals surface area contributed by atoms with Crippen molar-refractivity contribution < 1.29 is 14.6 Å². The molecular weight excluding hydrogens is 454 g/mol.